The molecule has 0 saturated heterocycles. The molecule has 0 bridgehead atoms. The molecular formula is C5H3Br2ClN2. The van der Waals surface area contributed by atoms with E-state index in [1.807, 2.05) is 0 Å². The van der Waals surface area contributed by atoms with Crippen molar-refractivity contribution in [2.24, 2.45) is 0 Å². The third-order valence-electron chi connectivity index (χ3n) is 0.930. The number of pyridine rings is 1. The topological polar surface area (TPSA) is 38.9 Å². The van der Waals surface area contributed by atoms with Crippen molar-refractivity contribution in [3.63, 3.8) is 0 Å². The van der Waals surface area contributed by atoms with Crippen molar-refractivity contribution in [1.82, 2.24) is 4.98 Å². The Balaban J connectivity index is 3.31. The Morgan fingerprint density at radius 1 is 1.50 bits per heavy atom. The lowest BCUT2D eigenvalue weighted by molar-refractivity contribution is 1.27. The third kappa shape index (κ3) is 1.62. The Hall–Kier alpha value is 0.200. The average molecular weight is 286 g/mol. The summed E-state index contributed by atoms with van der Waals surface area (Å²) in [7, 11) is 0. The minimum absolute atomic E-state index is 0.307. The molecule has 0 fully saturated rings. The summed E-state index contributed by atoms with van der Waals surface area (Å²) in [4.78, 5) is 3.86. The molecule has 54 valence electrons. The molecule has 5 heteroatoms. The van der Waals surface area contributed by atoms with E-state index in [0.717, 1.165) is 4.47 Å². The quantitative estimate of drug-likeness (QED) is 0.745. The molecule has 0 aliphatic heterocycles. The molecule has 0 aliphatic carbocycles. The Morgan fingerprint density at radius 3 is 2.60 bits per heavy atom. The monoisotopic (exact) mass is 284 g/mol. The second-order valence-electron chi connectivity index (χ2n) is 1.63. The van der Waals surface area contributed by atoms with E-state index in [2.05, 4.69) is 36.8 Å². The normalized spacial score (nSPS) is 9.90. The van der Waals surface area contributed by atoms with Gasteiger partial charge in [-0.15, -0.1) is 0 Å². The maximum Gasteiger partial charge on any atom is 0.154 e. The van der Waals surface area contributed by atoms with E-state index in [1.165, 1.54) is 0 Å². The number of halogens is 3. The van der Waals surface area contributed by atoms with E-state index in [-0.39, 0.29) is 0 Å². The van der Waals surface area contributed by atoms with Gasteiger partial charge >= 0.3 is 0 Å². The van der Waals surface area contributed by atoms with Crippen LogP contribution in [0.5, 0.6) is 0 Å². The highest BCUT2D eigenvalue weighted by Gasteiger charge is 2.02. The largest absolute Gasteiger partial charge is 0.395 e. The average Bonchev–Trinajstić information content (AvgIpc) is 1.82. The van der Waals surface area contributed by atoms with Gasteiger partial charge in [-0.1, -0.05) is 11.6 Å². The Labute approximate surface area is 80.0 Å². The molecule has 0 aliphatic rings. The second-order valence-corrected chi connectivity index (χ2v) is 3.66. The number of rotatable bonds is 0. The highest BCUT2D eigenvalue weighted by molar-refractivity contribution is 9.11. The van der Waals surface area contributed by atoms with Gasteiger partial charge in [-0.05, 0) is 37.9 Å². The van der Waals surface area contributed by atoms with Crippen molar-refractivity contribution in [3.8, 4) is 0 Å². The van der Waals surface area contributed by atoms with E-state index in [1.54, 1.807) is 6.07 Å². The van der Waals surface area contributed by atoms with E-state index >= 15 is 0 Å². The second kappa shape index (κ2) is 3.07. The van der Waals surface area contributed by atoms with Gasteiger partial charge < -0.3 is 5.73 Å². The molecule has 10 heavy (non-hydrogen) atoms. The molecule has 0 spiro atoms. The number of nitrogen functional groups attached to an aromatic ring is 1. The molecule has 0 aromatic carbocycles. The van der Waals surface area contributed by atoms with Crippen molar-refractivity contribution < 1.29 is 0 Å². The van der Waals surface area contributed by atoms with E-state index < -0.39 is 0 Å². The maximum absolute atomic E-state index is 5.62. The zero-order valence-corrected chi connectivity index (χ0v) is 8.66. The van der Waals surface area contributed by atoms with E-state index in [4.69, 9.17) is 17.3 Å². The predicted octanol–water partition coefficient (Wildman–Crippen LogP) is 2.84. The van der Waals surface area contributed by atoms with Gasteiger partial charge in [0.1, 0.15) is 4.60 Å². The van der Waals surface area contributed by atoms with E-state index in [9.17, 15) is 0 Å². The number of anilines is 1. The van der Waals surface area contributed by atoms with Crippen LogP contribution in [0.3, 0.4) is 0 Å². The highest BCUT2D eigenvalue weighted by atomic mass is 79.9. The van der Waals surface area contributed by atoms with Crippen molar-refractivity contribution in [2.45, 2.75) is 0 Å². The van der Waals surface area contributed by atoms with Gasteiger partial charge in [0.05, 0.1) is 5.69 Å². The number of hydrogen-bond donors (Lipinski definition) is 1. The lowest BCUT2D eigenvalue weighted by atomic mass is 10.4. The minimum Gasteiger partial charge on any atom is -0.395 e. The van der Waals surface area contributed by atoms with Gasteiger partial charge in [0.2, 0.25) is 0 Å². The summed E-state index contributed by atoms with van der Waals surface area (Å²) < 4.78 is 1.41. The Bertz CT molecular complexity index is 241. The summed E-state index contributed by atoms with van der Waals surface area (Å²) in [5.41, 5.74) is 5.95. The molecule has 0 saturated carbocycles. The Kier molecular flexibility index (Phi) is 2.55. The van der Waals surface area contributed by atoms with Crippen molar-refractivity contribution >= 4 is 49.1 Å². The zero-order valence-electron chi connectivity index (χ0n) is 4.74. The van der Waals surface area contributed by atoms with Gasteiger partial charge in [-0.2, -0.15) is 0 Å². The van der Waals surface area contributed by atoms with Crippen LogP contribution in [0.15, 0.2) is 15.1 Å². The van der Waals surface area contributed by atoms with Crippen LogP contribution in [0.25, 0.3) is 0 Å². The third-order valence-corrected chi connectivity index (χ3v) is 2.28. The fraction of sp³-hybridized carbons (Fsp3) is 0. The van der Waals surface area contributed by atoms with Gasteiger partial charge in [-0.25, -0.2) is 4.98 Å². The summed E-state index contributed by atoms with van der Waals surface area (Å²) in [6, 6.07) is 1.74. The first-order valence-corrected chi connectivity index (χ1v) is 4.34. The van der Waals surface area contributed by atoms with Crippen molar-refractivity contribution in [1.29, 1.82) is 0 Å². The summed E-state index contributed by atoms with van der Waals surface area (Å²) in [6.07, 6.45) is 0. The first-order valence-electron chi connectivity index (χ1n) is 2.38. The minimum atomic E-state index is 0.307. The molecule has 2 N–H and O–H groups in total. The van der Waals surface area contributed by atoms with E-state index in [0.29, 0.717) is 15.4 Å². The summed E-state index contributed by atoms with van der Waals surface area (Å²) in [5.74, 6) is 0. The van der Waals surface area contributed by atoms with Crippen LogP contribution in [-0.2, 0) is 0 Å². The van der Waals surface area contributed by atoms with Crippen molar-refractivity contribution in [2.75, 3.05) is 5.73 Å². The predicted molar refractivity (Wildman–Crippen MR) is 49.1 cm³/mol. The lowest BCUT2D eigenvalue weighted by Crippen LogP contribution is -1.90. The van der Waals surface area contributed by atoms with Crippen LogP contribution >= 0.6 is 43.5 Å². The molecule has 2 nitrogen and oxygen atoms in total. The van der Waals surface area contributed by atoms with Gasteiger partial charge in [0, 0.05) is 4.47 Å². The van der Waals surface area contributed by atoms with Crippen LogP contribution in [0.1, 0.15) is 0 Å². The first kappa shape index (κ1) is 8.30. The number of nitrogens with zero attached hydrogens (tertiary/aromatic N) is 1. The summed E-state index contributed by atoms with van der Waals surface area (Å²) in [5, 5.41) is 0.307. The molecular weight excluding hydrogens is 283 g/mol. The van der Waals surface area contributed by atoms with Gasteiger partial charge in [0.15, 0.2) is 5.15 Å². The molecule has 1 rings (SSSR count). The SMILES string of the molecule is Nc1c(Br)cc(Br)nc1Cl. The summed E-state index contributed by atoms with van der Waals surface area (Å²) in [6.45, 7) is 0. The molecule has 1 aromatic heterocycles. The maximum atomic E-state index is 5.62. The number of aromatic nitrogens is 1. The fourth-order valence-corrected chi connectivity index (χ4v) is 1.99. The Morgan fingerprint density at radius 2 is 2.10 bits per heavy atom. The molecule has 0 unspecified atom stereocenters. The zero-order chi connectivity index (χ0) is 7.72. The van der Waals surface area contributed by atoms with Crippen LogP contribution in [0, 0.1) is 0 Å². The van der Waals surface area contributed by atoms with Crippen LogP contribution in [-0.4, -0.2) is 4.98 Å². The van der Waals surface area contributed by atoms with Crippen LogP contribution in [0.4, 0.5) is 5.69 Å². The highest BCUT2D eigenvalue weighted by Crippen LogP contribution is 2.28. The number of nitrogens with two attached hydrogens (primary N) is 1. The molecule has 1 aromatic rings. The van der Waals surface area contributed by atoms with Crippen molar-refractivity contribution in [3.05, 3.63) is 20.3 Å². The molecule has 1 heterocycles. The standard InChI is InChI=1S/C5H3Br2ClN2/c6-2-1-3(7)10-5(8)4(2)9/h1H,9H2. The lowest BCUT2D eigenvalue weighted by Gasteiger charge is -1.99. The van der Waals surface area contributed by atoms with Gasteiger partial charge in [-0.3, -0.25) is 0 Å². The van der Waals surface area contributed by atoms with Crippen LogP contribution < -0.4 is 5.73 Å². The van der Waals surface area contributed by atoms with Crippen LogP contribution in [0.2, 0.25) is 5.15 Å². The molecule has 0 amide bonds. The smallest absolute Gasteiger partial charge is 0.154 e. The molecule has 0 atom stereocenters. The van der Waals surface area contributed by atoms with Gasteiger partial charge in [0.25, 0.3) is 0 Å². The first-order chi connectivity index (χ1) is 4.61. The molecule has 0 radical (unpaired) electrons. The fourth-order valence-electron chi connectivity index (χ4n) is 0.467. The number of hydrogen-bond acceptors (Lipinski definition) is 2. The summed E-state index contributed by atoms with van der Waals surface area (Å²) >= 11 is 12.0.